The highest BCUT2D eigenvalue weighted by molar-refractivity contribution is 9.09. The van der Waals surface area contributed by atoms with E-state index in [1.54, 1.807) is 7.11 Å². The third-order valence-corrected chi connectivity index (χ3v) is 8.96. The fourth-order valence-corrected chi connectivity index (χ4v) is 7.06. The van der Waals surface area contributed by atoms with Gasteiger partial charge in [0, 0.05) is 62.5 Å². The van der Waals surface area contributed by atoms with E-state index in [1.807, 2.05) is 42.3 Å². The van der Waals surface area contributed by atoms with Crippen molar-refractivity contribution in [3.05, 3.63) is 71.8 Å². The van der Waals surface area contributed by atoms with Crippen molar-refractivity contribution in [2.24, 2.45) is 10.8 Å². The smallest absolute Gasteiger partial charge is 0.223 e. The van der Waals surface area contributed by atoms with Crippen LogP contribution in [0.15, 0.2) is 60.7 Å². The molecule has 4 atom stereocenters. The second kappa shape index (κ2) is 15.3. The quantitative estimate of drug-likeness (QED) is 0.308. The standard InChI is InChI=1S/C16H24BrNO.C16H23NO3/c1-14(15-6-4-3-5-7-15)18-11-9-16(12-18,8-10-17)13-19-2;1-13(14-6-4-3-5-7-14)17-11-16(8-9-18,12-20-2)10-15(17)19/h3-7,14H,8-13H2,1-2H3;3-7,13,18H,8-12H2,1-2H3/t14-,16-;13-,16-/m11/s1. The van der Waals surface area contributed by atoms with Gasteiger partial charge in [-0.1, -0.05) is 76.6 Å². The Morgan fingerprint density at radius 3 is 1.97 bits per heavy atom. The van der Waals surface area contributed by atoms with E-state index in [0.29, 0.717) is 37.5 Å². The van der Waals surface area contributed by atoms with Crippen LogP contribution in [0.5, 0.6) is 0 Å². The number of carbonyl (C=O) groups is 1. The van der Waals surface area contributed by atoms with Crippen molar-refractivity contribution in [3.8, 4) is 0 Å². The lowest BCUT2D eigenvalue weighted by atomic mass is 9.84. The van der Waals surface area contributed by atoms with Crippen LogP contribution in [-0.2, 0) is 14.3 Å². The van der Waals surface area contributed by atoms with Crippen molar-refractivity contribution in [2.45, 2.75) is 51.6 Å². The van der Waals surface area contributed by atoms with Gasteiger partial charge in [0.25, 0.3) is 0 Å². The Bertz CT molecular complexity index is 978. The van der Waals surface area contributed by atoms with Gasteiger partial charge in [0.05, 0.1) is 19.3 Å². The molecule has 0 saturated carbocycles. The number of carbonyl (C=O) groups excluding carboxylic acids is 1. The third-order valence-electron chi connectivity index (χ3n) is 8.57. The minimum absolute atomic E-state index is 0.0566. The Hall–Kier alpha value is -1.77. The molecule has 1 amide bonds. The maximum atomic E-state index is 12.3. The van der Waals surface area contributed by atoms with Gasteiger partial charge in [-0.05, 0) is 50.8 Å². The van der Waals surface area contributed by atoms with Crippen LogP contribution in [0.1, 0.15) is 62.7 Å². The summed E-state index contributed by atoms with van der Waals surface area (Å²) >= 11 is 3.59. The first-order valence-electron chi connectivity index (χ1n) is 14.1. The number of hydrogen-bond acceptors (Lipinski definition) is 5. The Morgan fingerprint density at radius 2 is 1.44 bits per heavy atom. The monoisotopic (exact) mass is 602 g/mol. The number of amides is 1. The van der Waals surface area contributed by atoms with Gasteiger partial charge in [-0.15, -0.1) is 0 Å². The lowest BCUT2D eigenvalue weighted by molar-refractivity contribution is -0.129. The van der Waals surface area contributed by atoms with E-state index < -0.39 is 0 Å². The maximum Gasteiger partial charge on any atom is 0.223 e. The van der Waals surface area contributed by atoms with E-state index in [1.165, 1.54) is 24.9 Å². The maximum absolute atomic E-state index is 12.3. The molecule has 1 N–H and O–H groups in total. The molecule has 0 spiro atoms. The van der Waals surface area contributed by atoms with Gasteiger partial charge in [-0.2, -0.15) is 0 Å². The molecular weight excluding hydrogens is 556 g/mol. The molecule has 0 radical (unpaired) electrons. The number of hydrogen-bond donors (Lipinski definition) is 1. The zero-order valence-corrected chi connectivity index (χ0v) is 25.7. The van der Waals surface area contributed by atoms with Crippen LogP contribution in [0.3, 0.4) is 0 Å². The van der Waals surface area contributed by atoms with Gasteiger partial charge in [0.2, 0.25) is 5.91 Å². The average Bonchev–Trinajstić information content (AvgIpc) is 3.51. The summed E-state index contributed by atoms with van der Waals surface area (Å²) in [6.45, 7) is 8.80. The molecule has 0 aliphatic carbocycles. The van der Waals surface area contributed by atoms with E-state index in [-0.39, 0.29) is 24.0 Å². The van der Waals surface area contributed by atoms with Gasteiger partial charge in [-0.25, -0.2) is 0 Å². The number of likely N-dealkylation sites (tertiary alicyclic amines) is 2. The third kappa shape index (κ3) is 8.37. The Labute approximate surface area is 243 Å². The number of nitrogens with zero attached hydrogens (tertiary/aromatic N) is 2. The molecular formula is C32H47BrN2O4. The fraction of sp³-hybridized carbons (Fsp3) is 0.594. The van der Waals surface area contributed by atoms with Crippen molar-refractivity contribution in [2.75, 3.05) is 59.0 Å². The first-order valence-corrected chi connectivity index (χ1v) is 15.2. The second-order valence-electron chi connectivity index (χ2n) is 11.4. The summed E-state index contributed by atoms with van der Waals surface area (Å²) in [6.07, 6.45) is 3.49. The molecule has 0 bridgehead atoms. The van der Waals surface area contributed by atoms with E-state index >= 15 is 0 Å². The SMILES string of the molecule is COC[C@]1(CCBr)CCN([C@H](C)c2ccccc2)C1.COC[C@]1(CCO)CC(=O)N([C@H](C)c2ccccc2)C1. The largest absolute Gasteiger partial charge is 0.396 e. The summed E-state index contributed by atoms with van der Waals surface area (Å²) in [4.78, 5) is 16.8. The predicted molar refractivity (Wildman–Crippen MR) is 161 cm³/mol. The van der Waals surface area contributed by atoms with Crippen LogP contribution in [-0.4, -0.2) is 79.8 Å². The van der Waals surface area contributed by atoms with Gasteiger partial charge in [0.15, 0.2) is 0 Å². The highest BCUT2D eigenvalue weighted by atomic mass is 79.9. The van der Waals surface area contributed by atoms with Gasteiger partial charge in [0.1, 0.15) is 0 Å². The molecule has 2 aliphatic heterocycles. The van der Waals surface area contributed by atoms with Crippen LogP contribution < -0.4 is 0 Å². The van der Waals surface area contributed by atoms with Gasteiger partial charge >= 0.3 is 0 Å². The topological polar surface area (TPSA) is 62.2 Å². The molecule has 7 heteroatoms. The Balaban J connectivity index is 0.000000216. The number of ether oxygens (including phenoxy) is 2. The number of methoxy groups -OCH3 is 2. The minimum atomic E-state index is -0.246. The van der Waals surface area contributed by atoms with Crippen LogP contribution in [0.2, 0.25) is 0 Å². The summed E-state index contributed by atoms with van der Waals surface area (Å²) in [5.74, 6) is 0.145. The summed E-state index contributed by atoms with van der Waals surface area (Å²) in [5.41, 5.74) is 2.64. The van der Waals surface area contributed by atoms with E-state index in [4.69, 9.17) is 9.47 Å². The summed E-state index contributed by atoms with van der Waals surface area (Å²) < 4.78 is 10.7. The van der Waals surface area contributed by atoms with Crippen molar-refractivity contribution in [1.82, 2.24) is 9.80 Å². The molecule has 6 nitrogen and oxygen atoms in total. The first-order chi connectivity index (χ1) is 18.8. The number of halogens is 1. The van der Waals surface area contributed by atoms with Gasteiger partial charge < -0.3 is 19.5 Å². The molecule has 2 fully saturated rings. The summed E-state index contributed by atoms with van der Waals surface area (Å²) in [5, 5.41) is 10.3. The van der Waals surface area contributed by atoms with Crippen LogP contribution in [0, 0.1) is 10.8 Å². The molecule has 2 aromatic carbocycles. The summed E-state index contributed by atoms with van der Waals surface area (Å²) in [7, 11) is 3.46. The van der Waals surface area contributed by atoms with Gasteiger partial charge in [-0.3, -0.25) is 9.69 Å². The molecule has 4 rings (SSSR count). The minimum Gasteiger partial charge on any atom is -0.396 e. The molecule has 0 aromatic heterocycles. The van der Waals surface area contributed by atoms with Crippen molar-refractivity contribution in [3.63, 3.8) is 0 Å². The predicted octanol–water partition coefficient (Wildman–Crippen LogP) is 5.87. The molecule has 2 saturated heterocycles. The molecule has 2 heterocycles. The zero-order chi connectivity index (χ0) is 28.3. The number of alkyl halides is 1. The van der Waals surface area contributed by atoms with Crippen LogP contribution in [0.4, 0.5) is 0 Å². The number of rotatable bonds is 12. The van der Waals surface area contributed by atoms with E-state index in [2.05, 4.69) is 65.0 Å². The number of benzene rings is 2. The van der Waals surface area contributed by atoms with Crippen LogP contribution in [0.25, 0.3) is 0 Å². The number of aliphatic hydroxyl groups excluding tert-OH is 1. The van der Waals surface area contributed by atoms with Crippen LogP contribution >= 0.6 is 15.9 Å². The molecule has 0 unspecified atom stereocenters. The molecule has 2 aromatic rings. The second-order valence-corrected chi connectivity index (χ2v) is 12.2. The fourth-order valence-electron chi connectivity index (χ4n) is 6.22. The summed E-state index contributed by atoms with van der Waals surface area (Å²) in [6, 6.07) is 21.4. The highest BCUT2D eigenvalue weighted by Gasteiger charge is 2.44. The molecule has 39 heavy (non-hydrogen) atoms. The van der Waals surface area contributed by atoms with Crippen molar-refractivity contribution >= 4 is 21.8 Å². The van der Waals surface area contributed by atoms with E-state index in [9.17, 15) is 9.90 Å². The molecule has 216 valence electrons. The first kappa shape index (κ1) is 31.8. The lowest BCUT2D eigenvalue weighted by Gasteiger charge is -2.30. The molecule has 2 aliphatic rings. The average molecular weight is 604 g/mol. The lowest BCUT2D eigenvalue weighted by Crippen LogP contribution is -2.34. The van der Waals surface area contributed by atoms with Crippen molar-refractivity contribution < 1.29 is 19.4 Å². The number of aliphatic hydroxyl groups is 1. The van der Waals surface area contributed by atoms with E-state index in [0.717, 1.165) is 24.0 Å². The Morgan fingerprint density at radius 1 is 0.872 bits per heavy atom. The normalized spacial score (nSPS) is 24.9. The Kier molecular flexibility index (Phi) is 12.4. The zero-order valence-electron chi connectivity index (χ0n) is 24.2. The van der Waals surface area contributed by atoms with Crippen molar-refractivity contribution in [1.29, 1.82) is 0 Å². The highest BCUT2D eigenvalue weighted by Crippen LogP contribution is 2.40.